The van der Waals surface area contributed by atoms with Gasteiger partial charge in [0.1, 0.15) is 0 Å². The smallest absolute Gasteiger partial charge is 0.0462 e. The average Bonchev–Trinajstić information content (AvgIpc) is 1.50. The second-order valence-electron chi connectivity index (χ2n) is 38.7. The Morgan fingerprint density at radius 2 is 0.338 bits per heavy atom. The average molecular weight is 1670 g/mol. The van der Waals surface area contributed by atoms with E-state index in [0.717, 1.165) is 81.5 Å². The van der Waals surface area contributed by atoms with Crippen LogP contribution in [0.15, 0.2) is 449 Å². The van der Waals surface area contributed by atoms with Crippen molar-refractivity contribution in [1.29, 1.82) is 0 Å². The molecule has 28 rings (SSSR count). The molecule has 0 N–H and O–H groups in total. The van der Waals surface area contributed by atoms with Crippen LogP contribution < -0.4 is 9.80 Å². The number of anilines is 6. The minimum Gasteiger partial charge on any atom is -0.311 e. The molecule has 2 nitrogen and oxygen atoms in total. The molecule has 2 heteroatoms. The molecule has 8 bridgehead atoms. The molecular weight excluding hydrogens is 1570 g/mol. The fourth-order valence-electron chi connectivity index (χ4n) is 26.5. The summed E-state index contributed by atoms with van der Waals surface area (Å²) in [6.45, 7) is 0. The van der Waals surface area contributed by atoms with E-state index < -0.39 is 0 Å². The molecule has 0 aromatic heterocycles. The molecule has 18 aromatic carbocycles. The normalized spacial score (nSPS) is 21.0. The molecule has 8 fully saturated rings. The third kappa shape index (κ3) is 13.5. The van der Waals surface area contributed by atoms with Crippen LogP contribution in [-0.4, -0.2) is 0 Å². The molecule has 0 heterocycles. The van der Waals surface area contributed by atoms with E-state index in [1.165, 1.54) is 198 Å². The zero-order chi connectivity index (χ0) is 85.8. The van der Waals surface area contributed by atoms with Gasteiger partial charge in [-0.3, -0.25) is 0 Å². The largest absolute Gasteiger partial charge is 0.311 e. The summed E-state index contributed by atoms with van der Waals surface area (Å²) in [6, 6.07) is 167. The minimum atomic E-state index is 0.200. The summed E-state index contributed by atoms with van der Waals surface area (Å²) in [4.78, 5) is 4.71. The highest BCUT2D eigenvalue weighted by atomic mass is 15.1. The first-order valence-electron chi connectivity index (χ1n) is 47.7. The van der Waals surface area contributed by atoms with E-state index in [2.05, 4.69) is 459 Å². The summed E-state index contributed by atoms with van der Waals surface area (Å²) in [5.41, 5.74) is 44.2. The zero-order valence-corrected chi connectivity index (χ0v) is 73.3. The fraction of sp³-hybridized carbons (Fsp3) is 0.156. The van der Waals surface area contributed by atoms with E-state index >= 15 is 0 Å². The molecule has 0 radical (unpaired) electrons. The summed E-state index contributed by atoms with van der Waals surface area (Å²) in [5.74, 6) is 6.95. The van der Waals surface area contributed by atoms with Gasteiger partial charge in [-0.1, -0.05) is 358 Å². The van der Waals surface area contributed by atoms with E-state index in [9.17, 15) is 0 Å². The van der Waals surface area contributed by atoms with Gasteiger partial charge in [-0.25, -0.2) is 0 Å². The van der Waals surface area contributed by atoms with Crippen molar-refractivity contribution in [1.82, 2.24) is 0 Å². The highest BCUT2D eigenvalue weighted by molar-refractivity contribution is 5.93. The lowest BCUT2D eigenvalue weighted by Gasteiger charge is -2.61. The van der Waals surface area contributed by atoms with E-state index in [-0.39, 0.29) is 10.8 Å². The van der Waals surface area contributed by atoms with Crippen molar-refractivity contribution in [2.45, 2.75) is 75.0 Å². The maximum Gasteiger partial charge on any atom is 0.0462 e. The molecule has 130 heavy (non-hydrogen) atoms. The Morgan fingerprint density at radius 1 is 0.138 bits per heavy atom. The van der Waals surface area contributed by atoms with Gasteiger partial charge < -0.3 is 9.80 Å². The third-order valence-electron chi connectivity index (χ3n) is 31.8. The van der Waals surface area contributed by atoms with Crippen molar-refractivity contribution in [3.8, 4) is 134 Å². The molecule has 624 valence electrons. The van der Waals surface area contributed by atoms with Crippen LogP contribution in [0.5, 0.6) is 0 Å². The molecule has 18 aromatic rings. The highest BCUT2D eigenvalue weighted by Gasteiger charge is 2.63. The predicted octanol–water partition coefficient (Wildman–Crippen LogP) is 34.4. The second-order valence-corrected chi connectivity index (χ2v) is 38.7. The van der Waals surface area contributed by atoms with E-state index in [1.54, 1.807) is 22.3 Å². The Morgan fingerprint density at radius 3 is 0.654 bits per heavy atom. The summed E-state index contributed by atoms with van der Waals surface area (Å²) in [5, 5.41) is 0. The molecule has 0 unspecified atom stereocenters. The summed E-state index contributed by atoms with van der Waals surface area (Å²) in [7, 11) is 0. The lowest BCUT2D eigenvalue weighted by Crippen LogP contribution is -2.55. The number of benzene rings is 18. The molecule has 0 amide bonds. The maximum absolute atomic E-state index is 2.55. The predicted molar refractivity (Wildman–Crippen MR) is 543 cm³/mol. The first kappa shape index (κ1) is 77.9. The highest BCUT2D eigenvalue weighted by Crippen LogP contribution is 2.72. The van der Waals surface area contributed by atoms with Gasteiger partial charge in [-0.15, -0.1) is 0 Å². The molecule has 10 aliphatic rings. The van der Waals surface area contributed by atoms with Gasteiger partial charge in [0.05, 0.1) is 0 Å². The summed E-state index contributed by atoms with van der Waals surface area (Å²) >= 11 is 0. The summed E-state index contributed by atoms with van der Waals surface area (Å²) in [6.07, 6.45) is 14.3. The van der Waals surface area contributed by atoms with Gasteiger partial charge in [0.15, 0.2) is 0 Å². The Bertz CT molecular complexity index is 6980. The quantitative estimate of drug-likeness (QED) is 0.0951. The van der Waals surface area contributed by atoms with Crippen molar-refractivity contribution in [2.24, 2.45) is 47.3 Å². The Balaban J connectivity index is 0.000000140. The van der Waals surface area contributed by atoms with Crippen LogP contribution in [0.3, 0.4) is 0 Å². The standard InChI is InChI=1S/2C64H51N/c1-3-11-45(12-4-1)48-23-30-55(31-24-48)65(56-32-25-49(26-33-56)46-13-5-2-6-14-46)57-34-27-50(28-35-57)47-19-21-51(22-20-47)58-15-7-8-16-59(58)52-29-36-63-61(42-52)60-17-9-10-18-62(60)64(63)53-38-43-37-44(40-53)41-54(64)39-43;1-3-10-45(11-4-1)48-22-29-57(30-23-48)65(58-31-24-49(25-32-58)46-12-5-2-6-13-46)59-33-26-50(27-34-59)47-18-20-51(21-19-47)52-14-9-15-53(41-52)54-28-35-63-61(42-54)60-16-7-8-17-62(60)64(63)55-37-43-36-44(39-55)40-56(64)38-43/h1-36,42-44,53-54H,37-41H2;1-35,41-44,55-56H,36-40H2. The van der Waals surface area contributed by atoms with Crippen LogP contribution in [0.25, 0.3) is 134 Å². The number of nitrogens with zero attached hydrogens (tertiary/aromatic N) is 2. The number of rotatable bonds is 16. The molecule has 8 saturated carbocycles. The fourth-order valence-corrected chi connectivity index (χ4v) is 26.5. The Hall–Kier alpha value is -14.4. The molecule has 0 saturated heterocycles. The monoisotopic (exact) mass is 1670 g/mol. The zero-order valence-electron chi connectivity index (χ0n) is 73.3. The first-order chi connectivity index (χ1) is 64.3. The minimum absolute atomic E-state index is 0.200. The third-order valence-corrected chi connectivity index (χ3v) is 31.8. The lowest BCUT2D eigenvalue weighted by atomic mass is 9.43. The van der Waals surface area contributed by atoms with Crippen LogP contribution in [0.2, 0.25) is 0 Å². The number of hydrogen-bond acceptors (Lipinski definition) is 2. The lowest BCUT2D eigenvalue weighted by molar-refractivity contribution is -0.0399. The van der Waals surface area contributed by atoms with Gasteiger partial charge >= 0.3 is 0 Å². The van der Waals surface area contributed by atoms with Crippen LogP contribution in [-0.2, 0) is 10.8 Å². The van der Waals surface area contributed by atoms with Gasteiger partial charge in [-0.2, -0.15) is 0 Å². The van der Waals surface area contributed by atoms with Crippen LogP contribution in [0, 0.1) is 47.3 Å². The van der Waals surface area contributed by atoms with E-state index in [4.69, 9.17) is 0 Å². The molecule has 10 aliphatic carbocycles. The van der Waals surface area contributed by atoms with Gasteiger partial charge in [0.25, 0.3) is 0 Å². The van der Waals surface area contributed by atoms with Crippen molar-refractivity contribution in [3.05, 3.63) is 471 Å². The van der Waals surface area contributed by atoms with Crippen LogP contribution in [0.4, 0.5) is 34.1 Å². The number of fused-ring (bicyclic) bond motifs is 6. The summed E-state index contributed by atoms with van der Waals surface area (Å²) < 4.78 is 0. The second kappa shape index (κ2) is 32.4. The molecule has 0 aliphatic heterocycles. The van der Waals surface area contributed by atoms with Crippen LogP contribution in [0.1, 0.15) is 86.5 Å². The topological polar surface area (TPSA) is 6.48 Å². The van der Waals surface area contributed by atoms with E-state index in [0.29, 0.717) is 0 Å². The van der Waals surface area contributed by atoms with Gasteiger partial charge in [0.2, 0.25) is 0 Å². The van der Waals surface area contributed by atoms with Crippen molar-refractivity contribution in [2.75, 3.05) is 9.80 Å². The molecular formula is C128H102N2. The Kier molecular flexibility index (Phi) is 19.4. The Labute approximate surface area is 765 Å². The van der Waals surface area contributed by atoms with Gasteiger partial charge in [0, 0.05) is 45.0 Å². The number of hydrogen-bond donors (Lipinski definition) is 0. The molecule has 0 atom stereocenters. The van der Waals surface area contributed by atoms with Crippen molar-refractivity contribution in [3.63, 3.8) is 0 Å². The first-order valence-corrected chi connectivity index (χ1v) is 47.7. The van der Waals surface area contributed by atoms with E-state index in [1.807, 2.05) is 0 Å². The maximum atomic E-state index is 2.55. The van der Waals surface area contributed by atoms with Gasteiger partial charge in [-0.05, 0) is 358 Å². The SMILES string of the molecule is c1ccc(-c2ccc(N(c3ccc(-c4ccccc4)cc3)c3ccc(-c4ccc(-c5cccc(-c6ccc7c(c6)-c6ccccc6C76C7CC8CC(C7)CC6C8)c5)cc4)cc3)cc2)cc1.c1ccc(-c2ccc(N(c3ccc(-c4ccccc4)cc3)c3ccc(-c4ccc(-c5ccccc5-c5ccc6c(c5)-c5ccccc5C65C6CC7CC(C6)CC5C7)cc4)cc3)cc2)cc1. The molecule has 2 spiro atoms. The van der Waals surface area contributed by atoms with Crippen LogP contribution >= 0.6 is 0 Å². The van der Waals surface area contributed by atoms with Crippen molar-refractivity contribution >= 4 is 34.1 Å². The van der Waals surface area contributed by atoms with Crippen molar-refractivity contribution < 1.29 is 0 Å².